The molecule has 3 nitrogen and oxygen atoms in total. The Morgan fingerprint density at radius 3 is 2.81 bits per heavy atom. The van der Waals surface area contributed by atoms with E-state index < -0.39 is 5.60 Å². The first-order valence-electron chi connectivity index (χ1n) is 7.35. The molecule has 0 amide bonds. The lowest BCUT2D eigenvalue weighted by atomic mass is 9.80. The van der Waals surface area contributed by atoms with Gasteiger partial charge in [0.15, 0.2) is 0 Å². The first kappa shape index (κ1) is 14.3. The summed E-state index contributed by atoms with van der Waals surface area (Å²) in [6.45, 7) is 2.90. The molecule has 0 aliphatic heterocycles. The number of benzene rings is 1. The van der Waals surface area contributed by atoms with E-state index in [-0.39, 0.29) is 5.82 Å². The number of nitrogens with one attached hydrogen (secondary N) is 1. The summed E-state index contributed by atoms with van der Waals surface area (Å²) in [7, 11) is 0. The second-order valence-electron chi connectivity index (χ2n) is 5.86. The van der Waals surface area contributed by atoms with E-state index in [1.165, 1.54) is 6.07 Å². The third kappa shape index (κ3) is 3.01. The van der Waals surface area contributed by atoms with Crippen molar-refractivity contribution in [1.29, 1.82) is 0 Å². The fourth-order valence-corrected chi connectivity index (χ4v) is 2.67. The van der Waals surface area contributed by atoms with Gasteiger partial charge in [0.2, 0.25) is 0 Å². The van der Waals surface area contributed by atoms with Crippen LogP contribution in [0, 0.1) is 12.7 Å². The highest BCUT2D eigenvalue weighted by Gasteiger charge is 2.33. The smallest absolute Gasteiger partial charge is 0.134 e. The quantitative estimate of drug-likeness (QED) is 0.886. The molecule has 2 N–H and O–H groups in total. The Labute approximate surface area is 123 Å². The molecular formula is C17H20FNO2. The zero-order chi connectivity index (χ0) is 14.9. The van der Waals surface area contributed by atoms with E-state index in [2.05, 4.69) is 5.32 Å². The lowest BCUT2D eigenvalue weighted by Gasteiger charge is -2.36. The van der Waals surface area contributed by atoms with Crippen LogP contribution in [0.2, 0.25) is 0 Å². The van der Waals surface area contributed by atoms with Gasteiger partial charge in [-0.1, -0.05) is 12.1 Å². The van der Waals surface area contributed by atoms with Gasteiger partial charge < -0.3 is 14.8 Å². The average molecular weight is 289 g/mol. The van der Waals surface area contributed by atoms with Crippen molar-refractivity contribution in [1.82, 2.24) is 5.32 Å². The molecule has 1 saturated carbocycles. The monoisotopic (exact) mass is 289 g/mol. The van der Waals surface area contributed by atoms with Gasteiger partial charge in [-0.05, 0) is 49.9 Å². The first-order valence-corrected chi connectivity index (χ1v) is 7.35. The standard InChI is InChI=1S/C17H20FNO2/c1-12-14(4-2-5-15(12)18)16-7-6-13(21-16)10-19-11-17(20)8-3-9-17/h2,4-7,19-20H,3,8-11H2,1H3. The second kappa shape index (κ2) is 5.62. The van der Waals surface area contributed by atoms with Crippen LogP contribution in [-0.4, -0.2) is 17.3 Å². The van der Waals surface area contributed by atoms with Crippen molar-refractivity contribution in [2.45, 2.75) is 38.3 Å². The molecule has 0 bridgehead atoms. The van der Waals surface area contributed by atoms with Crippen molar-refractivity contribution in [2.24, 2.45) is 0 Å². The summed E-state index contributed by atoms with van der Waals surface area (Å²) >= 11 is 0. The van der Waals surface area contributed by atoms with Gasteiger partial charge in [0.05, 0.1) is 12.1 Å². The van der Waals surface area contributed by atoms with Gasteiger partial charge in [-0.3, -0.25) is 0 Å². The van der Waals surface area contributed by atoms with Crippen LogP contribution < -0.4 is 5.32 Å². The molecule has 1 fully saturated rings. The molecule has 0 radical (unpaired) electrons. The van der Waals surface area contributed by atoms with Crippen LogP contribution in [-0.2, 0) is 6.54 Å². The summed E-state index contributed by atoms with van der Waals surface area (Å²) in [5.74, 6) is 1.23. The molecule has 1 heterocycles. The molecule has 1 aliphatic carbocycles. The molecule has 1 aliphatic rings. The van der Waals surface area contributed by atoms with Gasteiger partial charge >= 0.3 is 0 Å². The van der Waals surface area contributed by atoms with Crippen LogP contribution in [0.1, 0.15) is 30.6 Å². The fraction of sp³-hybridized carbons (Fsp3) is 0.412. The van der Waals surface area contributed by atoms with Gasteiger partial charge in [-0.25, -0.2) is 4.39 Å². The Hall–Kier alpha value is -1.65. The molecular weight excluding hydrogens is 269 g/mol. The topological polar surface area (TPSA) is 45.4 Å². The largest absolute Gasteiger partial charge is 0.460 e. The molecule has 1 aromatic heterocycles. The van der Waals surface area contributed by atoms with E-state index in [1.807, 2.05) is 18.2 Å². The molecule has 0 unspecified atom stereocenters. The highest BCUT2D eigenvalue weighted by atomic mass is 19.1. The van der Waals surface area contributed by atoms with Gasteiger partial charge in [-0.15, -0.1) is 0 Å². The third-order valence-corrected chi connectivity index (χ3v) is 4.23. The summed E-state index contributed by atoms with van der Waals surface area (Å²) in [5, 5.41) is 13.2. The van der Waals surface area contributed by atoms with Crippen molar-refractivity contribution >= 4 is 0 Å². The molecule has 0 saturated heterocycles. The average Bonchev–Trinajstić information content (AvgIpc) is 2.88. The molecule has 112 valence electrons. The van der Waals surface area contributed by atoms with E-state index in [0.717, 1.165) is 30.6 Å². The lowest BCUT2D eigenvalue weighted by Crippen LogP contribution is -2.45. The number of halogens is 1. The van der Waals surface area contributed by atoms with Crippen LogP contribution in [0.3, 0.4) is 0 Å². The Kier molecular flexibility index (Phi) is 3.83. The van der Waals surface area contributed by atoms with Gasteiger partial charge in [-0.2, -0.15) is 0 Å². The Bertz CT molecular complexity index is 631. The normalized spacial score (nSPS) is 16.7. The maximum atomic E-state index is 13.6. The maximum Gasteiger partial charge on any atom is 0.134 e. The van der Waals surface area contributed by atoms with Crippen molar-refractivity contribution in [2.75, 3.05) is 6.54 Å². The zero-order valence-corrected chi connectivity index (χ0v) is 12.2. The summed E-state index contributed by atoms with van der Waals surface area (Å²) in [4.78, 5) is 0. The summed E-state index contributed by atoms with van der Waals surface area (Å²) in [5.41, 5.74) is 0.836. The molecule has 3 rings (SSSR count). The van der Waals surface area contributed by atoms with Crippen LogP contribution in [0.25, 0.3) is 11.3 Å². The van der Waals surface area contributed by atoms with Gasteiger partial charge in [0.25, 0.3) is 0 Å². The predicted octanol–water partition coefficient (Wildman–Crippen LogP) is 3.40. The molecule has 0 atom stereocenters. The number of hydrogen-bond donors (Lipinski definition) is 2. The molecule has 0 spiro atoms. The van der Waals surface area contributed by atoms with Crippen molar-refractivity contribution < 1.29 is 13.9 Å². The third-order valence-electron chi connectivity index (χ3n) is 4.23. The van der Waals surface area contributed by atoms with Crippen LogP contribution in [0.15, 0.2) is 34.7 Å². The molecule has 1 aromatic carbocycles. The minimum Gasteiger partial charge on any atom is -0.460 e. The van der Waals surface area contributed by atoms with E-state index in [9.17, 15) is 9.50 Å². The van der Waals surface area contributed by atoms with Crippen molar-refractivity contribution in [3.05, 3.63) is 47.5 Å². The first-order chi connectivity index (χ1) is 10.1. The zero-order valence-electron chi connectivity index (χ0n) is 12.2. The minimum absolute atomic E-state index is 0.226. The van der Waals surface area contributed by atoms with E-state index >= 15 is 0 Å². The van der Waals surface area contributed by atoms with Crippen molar-refractivity contribution in [3.8, 4) is 11.3 Å². The van der Waals surface area contributed by atoms with Crippen LogP contribution >= 0.6 is 0 Å². The lowest BCUT2D eigenvalue weighted by molar-refractivity contribution is -0.0317. The van der Waals surface area contributed by atoms with E-state index in [4.69, 9.17) is 4.42 Å². The number of furan rings is 1. The fourth-order valence-electron chi connectivity index (χ4n) is 2.67. The summed E-state index contributed by atoms with van der Waals surface area (Å²) < 4.78 is 19.3. The van der Waals surface area contributed by atoms with Crippen molar-refractivity contribution in [3.63, 3.8) is 0 Å². The van der Waals surface area contributed by atoms with Gasteiger partial charge in [0, 0.05) is 12.1 Å². The number of rotatable bonds is 5. The Morgan fingerprint density at radius 1 is 1.29 bits per heavy atom. The predicted molar refractivity (Wildman–Crippen MR) is 79.3 cm³/mol. The summed E-state index contributed by atoms with van der Waals surface area (Å²) in [6, 6.07) is 8.73. The van der Waals surface area contributed by atoms with Crippen LogP contribution in [0.4, 0.5) is 4.39 Å². The maximum absolute atomic E-state index is 13.6. The molecule has 4 heteroatoms. The highest BCUT2D eigenvalue weighted by molar-refractivity contribution is 5.62. The number of aliphatic hydroxyl groups is 1. The summed E-state index contributed by atoms with van der Waals surface area (Å²) in [6.07, 6.45) is 2.83. The Balaban J connectivity index is 1.64. The SMILES string of the molecule is Cc1c(F)cccc1-c1ccc(CNCC2(O)CCC2)o1. The van der Waals surface area contributed by atoms with Gasteiger partial charge in [0.1, 0.15) is 17.3 Å². The minimum atomic E-state index is -0.533. The van der Waals surface area contributed by atoms with Crippen LogP contribution in [0.5, 0.6) is 0 Å². The molecule has 21 heavy (non-hydrogen) atoms. The number of hydrogen-bond acceptors (Lipinski definition) is 3. The highest BCUT2D eigenvalue weighted by Crippen LogP contribution is 2.31. The van der Waals surface area contributed by atoms with E-state index in [0.29, 0.717) is 24.4 Å². The Morgan fingerprint density at radius 2 is 2.10 bits per heavy atom. The van der Waals surface area contributed by atoms with E-state index in [1.54, 1.807) is 13.0 Å². The molecule has 2 aromatic rings. The second-order valence-corrected chi connectivity index (χ2v) is 5.86.